The lowest BCUT2D eigenvalue weighted by molar-refractivity contribution is -0.142. The molecule has 498 valence electrons. The van der Waals surface area contributed by atoms with Crippen LogP contribution in [0.1, 0.15) is 65.0 Å². The van der Waals surface area contributed by atoms with Crippen LogP contribution in [0.2, 0.25) is 0 Å². The molecule has 3 aromatic carbocycles. The fourth-order valence-electron chi connectivity index (χ4n) is 10.4. The number of amides is 7. The number of thioether (sulfide) groups is 1. The minimum absolute atomic E-state index is 0.0377. The average Bonchev–Trinajstić information content (AvgIpc) is 1.77. The molecule has 1 saturated heterocycles. The topological polar surface area (TPSA) is 428 Å². The highest BCUT2D eigenvalue weighted by atomic mass is 32.2. The number of imidazole rings is 1. The third kappa shape index (κ3) is 21.0. The van der Waals surface area contributed by atoms with E-state index < -0.39 is 90.1 Å². The predicted octanol–water partition coefficient (Wildman–Crippen LogP) is 1.02. The number of nitrogens with two attached hydrogens (primary N) is 1. The van der Waals surface area contributed by atoms with Crippen molar-refractivity contribution in [2.45, 2.75) is 96.2 Å². The highest BCUT2D eigenvalue weighted by Crippen LogP contribution is 2.34. The van der Waals surface area contributed by atoms with E-state index in [-0.39, 0.29) is 87.1 Å². The molecular weight excluding hydrogens is 1220 g/mol. The number of aliphatic hydroxyl groups is 1. The maximum absolute atomic E-state index is 13.8. The van der Waals surface area contributed by atoms with Gasteiger partial charge in [-0.1, -0.05) is 68.4 Å². The Bertz CT molecular complexity index is 3720. The summed E-state index contributed by atoms with van der Waals surface area (Å²) in [4.78, 5) is 142. The van der Waals surface area contributed by atoms with Crippen molar-refractivity contribution in [3.8, 4) is 22.4 Å². The van der Waals surface area contributed by atoms with Crippen molar-refractivity contribution in [2.24, 2.45) is 11.7 Å². The van der Waals surface area contributed by atoms with E-state index in [0.29, 0.717) is 27.6 Å². The van der Waals surface area contributed by atoms with Crippen molar-refractivity contribution in [3.63, 3.8) is 0 Å². The number of guanidine groups is 1. The molecule has 0 spiro atoms. The smallest absolute Gasteiger partial charge is 0.326 e. The Labute approximate surface area is 539 Å². The third-order valence-electron chi connectivity index (χ3n) is 15.2. The van der Waals surface area contributed by atoms with Crippen LogP contribution in [0.25, 0.3) is 44.3 Å². The molecule has 1 aliphatic rings. The number of fused-ring (bicyclic) bond motifs is 2. The summed E-state index contributed by atoms with van der Waals surface area (Å²) in [5.74, 6) is -7.39. The molecule has 1 fully saturated rings. The Morgan fingerprint density at radius 2 is 1.47 bits per heavy atom. The van der Waals surface area contributed by atoms with Gasteiger partial charge in [0.05, 0.1) is 59.8 Å². The number of ether oxygens (including phenoxy) is 2. The largest absolute Gasteiger partial charge is 0.480 e. The third-order valence-corrected chi connectivity index (χ3v) is 16.2. The van der Waals surface area contributed by atoms with Gasteiger partial charge < -0.3 is 77.9 Å². The monoisotopic (exact) mass is 1300 g/mol. The molecule has 15 N–H and O–H groups in total. The van der Waals surface area contributed by atoms with Crippen LogP contribution in [0.4, 0.5) is 5.69 Å². The molecular formula is C63H81N15O14S. The second-order valence-corrected chi connectivity index (χ2v) is 23.7. The van der Waals surface area contributed by atoms with Crippen LogP contribution in [0.5, 0.6) is 0 Å². The van der Waals surface area contributed by atoms with Crippen LogP contribution in [0, 0.1) is 11.3 Å². The molecule has 30 heteroatoms. The molecule has 29 nitrogen and oxygen atoms in total. The van der Waals surface area contributed by atoms with Gasteiger partial charge in [0, 0.05) is 74.5 Å². The average molecular weight is 1300 g/mol. The minimum atomic E-state index is -1.56. The van der Waals surface area contributed by atoms with E-state index in [1.54, 1.807) is 48.9 Å². The standard InChI is InChI=1S/C63H81N15O14S/c1-36(2)54(60(87)74-49(32-79)58(85)69-37(3)61(88)89)76-57(84)48(11-8-21-68-62(64)65)73-59(86)50(70-38(4)80)34-93-35-53(82)66-23-26-91-27-28-92-33-52(81)71-42-16-17-47-51(29-42)78(63(90)75-47)43-19-24-77(25-20-43)31-39-12-14-41(15-13-39)55-44(40-9-6-5-7-10-40)30-45-46(72-55)18-22-67-56(45)83/h5-7,9-10,12-18,22,29-30,36-37,43,48-50,54,79H,8,11,19-21,23-28,31-35H2,1-4H3,(H,66,82)(H,67,83)(H,69,85)(H,70,80)(H,71,81)(H,73,86)(H,74,87)(H,75,90)(H,76,84)(H,88,89)(H4,64,65,68)/t37-,48-,49-,50-,54-/m0/s1. The maximum Gasteiger partial charge on any atom is 0.326 e. The van der Waals surface area contributed by atoms with Crippen molar-refractivity contribution in [2.75, 3.05) is 76.0 Å². The van der Waals surface area contributed by atoms with E-state index >= 15 is 0 Å². The second kappa shape index (κ2) is 34.8. The Morgan fingerprint density at radius 1 is 0.774 bits per heavy atom. The fraction of sp³-hybridized carbons (Fsp3) is 0.429. The zero-order valence-electron chi connectivity index (χ0n) is 52.1. The molecule has 4 heterocycles. The van der Waals surface area contributed by atoms with Gasteiger partial charge in [-0.3, -0.25) is 58.0 Å². The van der Waals surface area contributed by atoms with E-state index in [0.717, 1.165) is 72.2 Å². The number of aliphatic hydroxyl groups excluding tert-OH is 1. The number of carboxylic acid groups (broad SMARTS) is 1. The highest BCUT2D eigenvalue weighted by Gasteiger charge is 2.34. The number of anilines is 1. The van der Waals surface area contributed by atoms with Crippen molar-refractivity contribution in [1.82, 2.24) is 61.6 Å². The first-order chi connectivity index (χ1) is 44.6. The van der Waals surface area contributed by atoms with Gasteiger partial charge in [0.25, 0.3) is 5.56 Å². The number of benzene rings is 3. The molecule has 5 atom stereocenters. The Morgan fingerprint density at radius 3 is 2.16 bits per heavy atom. The summed E-state index contributed by atoms with van der Waals surface area (Å²) in [6.07, 6.45) is 3.24. The molecule has 1 aliphatic heterocycles. The van der Waals surface area contributed by atoms with Gasteiger partial charge in [0.15, 0.2) is 5.96 Å². The number of carbonyl (C=O) groups excluding carboxylic acids is 7. The van der Waals surface area contributed by atoms with Crippen LogP contribution in [0.3, 0.4) is 0 Å². The zero-order chi connectivity index (χ0) is 67.1. The highest BCUT2D eigenvalue weighted by molar-refractivity contribution is 8.00. The summed E-state index contributed by atoms with van der Waals surface area (Å²) in [6, 6.07) is 20.4. The number of hydrogen-bond donors (Lipinski definition) is 14. The summed E-state index contributed by atoms with van der Waals surface area (Å²) in [6.45, 7) is 7.17. The number of piperidine rings is 1. The van der Waals surface area contributed by atoms with Gasteiger partial charge in [-0.25, -0.2) is 9.78 Å². The normalized spacial score (nSPS) is 14.3. The lowest BCUT2D eigenvalue weighted by Gasteiger charge is -2.32. The predicted molar refractivity (Wildman–Crippen MR) is 350 cm³/mol. The van der Waals surface area contributed by atoms with E-state index in [4.69, 9.17) is 30.7 Å². The minimum Gasteiger partial charge on any atom is -0.480 e. The first-order valence-electron chi connectivity index (χ1n) is 30.4. The Kier molecular flexibility index (Phi) is 26.6. The number of likely N-dealkylation sites (tertiary alicyclic amines) is 1. The van der Waals surface area contributed by atoms with E-state index in [2.05, 4.69) is 81.7 Å². The summed E-state index contributed by atoms with van der Waals surface area (Å²) in [5, 5.41) is 47.2. The fourth-order valence-corrected chi connectivity index (χ4v) is 11.3. The van der Waals surface area contributed by atoms with Gasteiger partial charge in [-0.15, -0.1) is 11.8 Å². The summed E-state index contributed by atoms with van der Waals surface area (Å²) >= 11 is 1.02. The van der Waals surface area contributed by atoms with Crippen LogP contribution >= 0.6 is 11.8 Å². The summed E-state index contributed by atoms with van der Waals surface area (Å²) < 4.78 is 12.9. The number of rotatable bonds is 34. The zero-order valence-corrected chi connectivity index (χ0v) is 53.0. The van der Waals surface area contributed by atoms with Crippen LogP contribution in [-0.2, 0) is 54.4 Å². The number of nitrogens with one attached hydrogen (secondary N) is 11. The summed E-state index contributed by atoms with van der Waals surface area (Å²) in [7, 11) is 0. The van der Waals surface area contributed by atoms with Crippen LogP contribution in [-0.4, -0.2) is 189 Å². The number of aromatic nitrogens is 4. The first kappa shape index (κ1) is 71.0. The van der Waals surface area contributed by atoms with Crippen LogP contribution in [0.15, 0.2) is 101 Å². The lowest BCUT2D eigenvalue weighted by atomic mass is 9.97. The molecule has 3 aromatic heterocycles. The number of aromatic amines is 2. The number of pyridine rings is 2. The maximum atomic E-state index is 13.8. The van der Waals surface area contributed by atoms with Gasteiger partial charge >= 0.3 is 11.7 Å². The molecule has 93 heavy (non-hydrogen) atoms. The van der Waals surface area contributed by atoms with Crippen molar-refractivity contribution in [1.29, 1.82) is 5.41 Å². The van der Waals surface area contributed by atoms with Gasteiger partial charge in [0.2, 0.25) is 41.4 Å². The molecule has 0 unspecified atom stereocenters. The number of H-pyrrole nitrogens is 2. The number of nitrogens with zero attached hydrogens (tertiary/aromatic N) is 3. The van der Waals surface area contributed by atoms with E-state index in [1.165, 1.54) is 13.8 Å². The van der Waals surface area contributed by atoms with Gasteiger partial charge in [0.1, 0.15) is 36.8 Å². The second-order valence-electron chi connectivity index (χ2n) is 22.6. The Balaban J connectivity index is 0.804. The number of carboxylic acids is 1. The Hall–Kier alpha value is -9.49. The summed E-state index contributed by atoms with van der Waals surface area (Å²) in [5.41, 5.74) is 12.1. The number of aliphatic carboxylic acids is 1. The van der Waals surface area contributed by atoms with Gasteiger partial charge in [-0.05, 0) is 80.0 Å². The number of hydrogen-bond acceptors (Lipinski definition) is 17. The molecule has 7 rings (SSSR count). The molecule has 0 bridgehead atoms. The molecule has 0 aliphatic carbocycles. The van der Waals surface area contributed by atoms with Crippen molar-refractivity contribution < 1.29 is 58.0 Å². The quantitative estimate of drug-likeness (QED) is 0.0152. The molecule has 7 amide bonds. The molecule has 6 aromatic rings. The van der Waals surface area contributed by atoms with Crippen molar-refractivity contribution >= 4 is 92.7 Å². The van der Waals surface area contributed by atoms with Crippen molar-refractivity contribution in [3.05, 3.63) is 118 Å². The first-order valence-corrected chi connectivity index (χ1v) is 31.6. The molecule has 0 saturated carbocycles. The van der Waals surface area contributed by atoms with E-state index in [9.17, 15) is 53.1 Å². The lowest BCUT2D eigenvalue weighted by Crippen LogP contribution is -2.60. The number of carbonyl (C=O) groups is 8. The molecule has 0 radical (unpaired) electrons. The van der Waals surface area contributed by atoms with Crippen LogP contribution < -0.4 is 59.5 Å². The van der Waals surface area contributed by atoms with Gasteiger partial charge in [-0.2, -0.15) is 0 Å². The van der Waals surface area contributed by atoms with E-state index in [1.807, 2.05) is 36.4 Å². The SMILES string of the molecule is CC(=O)N[C@@H](CSCC(=O)NCCOCCOCC(=O)Nc1ccc2[nH]c(=O)n(C3CCN(Cc4ccc(-c5nc6cc[nH]c(=O)c6cc5-c5ccccc5)cc4)CC3)c2c1)C(=O)N[C@@H](CCCNC(=N)N)C(=O)N[C@H](C(=O)N[C@@H](CO)C(=O)N[C@@H](C)C(=O)O)C(C)C.